The molecule has 0 spiro atoms. The molecule has 1 heterocycles. The van der Waals surface area contributed by atoms with E-state index >= 15 is 0 Å². The minimum absolute atomic E-state index is 0.283. The highest BCUT2D eigenvalue weighted by Gasteiger charge is 2.23. The van der Waals surface area contributed by atoms with Crippen LogP contribution in [0.3, 0.4) is 0 Å². The number of para-hydroxylation sites is 1. The van der Waals surface area contributed by atoms with Crippen LogP contribution in [0, 0.1) is 29.3 Å². The molecular formula is C24H28F3N5OS. The number of hydrogen-bond donors (Lipinski definition) is 2. The Hall–Kier alpha value is -2.72. The normalized spacial score (nSPS) is 19.2. The van der Waals surface area contributed by atoms with Crippen molar-refractivity contribution in [2.45, 2.75) is 30.6 Å². The van der Waals surface area contributed by atoms with Crippen LogP contribution in [-0.2, 0) is 11.0 Å². The maximum absolute atomic E-state index is 13.8. The lowest BCUT2D eigenvalue weighted by molar-refractivity contribution is 0.285. The number of nitrogens with one attached hydrogen (secondary N) is 2. The van der Waals surface area contributed by atoms with Gasteiger partial charge in [-0.3, -0.25) is 0 Å². The Balaban J connectivity index is 1.27. The molecule has 0 saturated heterocycles. The molecule has 3 aromatic rings. The predicted molar refractivity (Wildman–Crippen MR) is 129 cm³/mol. The number of rotatable bonds is 8. The highest BCUT2D eigenvalue weighted by molar-refractivity contribution is 7.83. The van der Waals surface area contributed by atoms with E-state index in [1.165, 1.54) is 0 Å². The standard InChI is InChI=1S/C24H28F3N5OS/c1-32(2)23-17-5-3-4-6-19(17)30-24(31-23)28-13-15-7-9-16(10-8-15)14-29-34(33)20-12-11-18(25)21(26)22(20)27/h3-6,11-12,15-16,29H,7-10,13-14H2,1-2H3,(H,28,30,31). The number of hydrogen-bond acceptors (Lipinski definition) is 5. The van der Waals surface area contributed by atoms with Crippen molar-refractivity contribution in [3.05, 3.63) is 53.8 Å². The summed E-state index contributed by atoms with van der Waals surface area (Å²) in [5.41, 5.74) is 0.893. The first kappa shape index (κ1) is 24.4. The number of anilines is 2. The van der Waals surface area contributed by atoms with Crippen LogP contribution in [0.5, 0.6) is 0 Å². The fourth-order valence-electron chi connectivity index (χ4n) is 4.28. The zero-order chi connectivity index (χ0) is 24.2. The smallest absolute Gasteiger partial charge is 0.225 e. The van der Waals surface area contributed by atoms with E-state index in [-0.39, 0.29) is 10.8 Å². The van der Waals surface area contributed by atoms with Gasteiger partial charge in [-0.25, -0.2) is 27.1 Å². The summed E-state index contributed by atoms with van der Waals surface area (Å²) in [6, 6.07) is 9.72. The van der Waals surface area contributed by atoms with Gasteiger partial charge in [-0.15, -0.1) is 0 Å². The lowest BCUT2D eigenvalue weighted by atomic mass is 9.82. The van der Waals surface area contributed by atoms with Gasteiger partial charge in [0, 0.05) is 32.6 Å². The molecule has 1 unspecified atom stereocenters. The van der Waals surface area contributed by atoms with Crippen molar-refractivity contribution in [2.75, 3.05) is 37.4 Å². The molecule has 1 saturated carbocycles. The van der Waals surface area contributed by atoms with Crippen molar-refractivity contribution < 1.29 is 17.4 Å². The lowest BCUT2D eigenvalue weighted by Crippen LogP contribution is -2.30. The lowest BCUT2D eigenvalue weighted by Gasteiger charge is -2.28. The average molecular weight is 492 g/mol. The third-order valence-electron chi connectivity index (χ3n) is 6.22. The molecule has 182 valence electrons. The van der Waals surface area contributed by atoms with Gasteiger partial charge in [-0.1, -0.05) is 12.1 Å². The monoisotopic (exact) mass is 491 g/mol. The Kier molecular flexibility index (Phi) is 7.67. The number of nitrogens with zero attached hydrogens (tertiary/aromatic N) is 3. The first-order valence-corrected chi connectivity index (χ1v) is 12.4. The minimum Gasteiger partial charge on any atom is -0.362 e. The third-order valence-corrected chi connectivity index (χ3v) is 7.37. The van der Waals surface area contributed by atoms with Crippen molar-refractivity contribution in [3.8, 4) is 0 Å². The fraction of sp³-hybridized carbons (Fsp3) is 0.417. The van der Waals surface area contributed by atoms with Gasteiger partial charge < -0.3 is 10.2 Å². The van der Waals surface area contributed by atoms with E-state index in [1.807, 2.05) is 43.3 Å². The van der Waals surface area contributed by atoms with Crippen molar-refractivity contribution in [3.63, 3.8) is 0 Å². The molecule has 4 rings (SSSR count). The van der Waals surface area contributed by atoms with E-state index in [0.717, 1.165) is 61.1 Å². The molecule has 1 aliphatic carbocycles. The molecule has 1 aliphatic rings. The van der Waals surface area contributed by atoms with Crippen molar-refractivity contribution >= 4 is 33.7 Å². The first-order chi connectivity index (χ1) is 16.3. The quantitative estimate of drug-likeness (QED) is 0.449. The first-order valence-electron chi connectivity index (χ1n) is 11.3. The highest BCUT2D eigenvalue weighted by atomic mass is 32.2. The van der Waals surface area contributed by atoms with Crippen molar-refractivity contribution in [2.24, 2.45) is 11.8 Å². The van der Waals surface area contributed by atoms with E-state index in [2.05, 4.69) is 20.0 Å². The van der Waals surface area contributed by atoms with Crippen LogP contribution in [0.1, 0.15) is 25.7 Å². The van der Waals surface area contributed by atoms with Crippen molar-refractivity contribution in [1.82, 2.24) is 14.7 Å². The van der Waals surface area contributed by atoms with E-state index < -0.39 is 28.4 Å². The molecule has 10 heteroatoms. The molecule has 1 aromatic heterocycles. The van der Waals surface area contributed by atoms with Crippen LogP contribution in [0.15, 0.2) is 41.3 Å². The maximum Gasteiger partial charge on any atom is 0.225 e. The second-order valence-electron chi connectivity index (χ2n) is 8.84. The van der Waals surface area contributed by atoms with Crippen LogP contribution in [0.25, 0.3) is 10.9 Å². The molecule has 1 atom stereocenters. The molecule has 6 nitrogen and oxygen atoms in total. The molecule has 2 aromatic carbocycles. The van der Waals surface area contributed by atoms with Crippen LogP contribution < -0.4 is 14.9 Å². The maximum atomic E-state index is 13.8. The molecular weight excluding hydrogens is 463 g/mol. The average Bonchev–Trinajstić information content (AvgIpc) is 2.84. The molecule has 0 aliphatic heterocycles. The van der Waals surface area contributed by atoms with Crippen LogP contribution in [0.2, 0.25) is 0 Å². The fourth-order valence-corrected chi connectivity index (χ4v) is 5.26. The second kappa shape index (κ2) is 10.7. The summed E-state index contributed by atoms with van der Waals surface area (Å²) in [6.07, 6.45) is 3.83. The van der Waals surface area contributed by atoms with Crippen LogP contribution in [0.4, 0.5) is 24.9 Å². The number of benzene rings is 2. The van der Waals surface area contributed by atoms with Gasteiger partial charge in [-0.05, 0) is 61.8 Å². The zero-order valence-corrected chi connectivity index (χ0v) is 20.0. The molecule has 2 N–H and O–H groups in total. The summed E-state index contributed by atoms with van der Waals surface area (Å²) in [6.45, 7) is 1.18. The Morgan fingerprint density at radius 3 is 2.32 bits per heavy atom. The summed E-state index contributed by atoms with van der Waals surface area (Å²) >= 11 is 0. The Bertz CT molecular complexity index is 1180. The summed E-state index contributed by atoms with van der Waals surface area (Å²) in [5.74, 6) is -2.09. The summed E-state index contributed by atoms with van der Waals surface area (Å²) < 4.78 is 55.4. The SMILES string of the molecule is CN(C)c1nc(NCC2CCC(CNS(=O)c3ccc(F)c(F)c3F)CC2)nc2ccccc12. The Morgan fingerprint density at radius 2 is 1.62 bits per heavy atom. The van der Waals surface area contributed by atoms with Gasteiger partial charge in [0.05, 0.1) is 10.4 Å². The van der Waals surface area contributed by atoms with E-state index in [9.17, 15) is 17.4 Å². The third kappa shape index (κ3) is 5.50. The molecule has 0 radical (unpaired) electrons. The summed E-state index contributed by atoms with van der Waals surface area (Å²) in [7, 11) is 1.99. The largest absolute Gasteiger partial charge is 0.362 e. The van der Waals surface area contributed by atoms with Crippen LogP contribution >= 0.6 is 0 Å². The van der Waals surface area contributed by atoms with Gasteiger partial charge >= 0.3 is 0 Å². The molecule has 1 fully saturated rings. The molecule has 0 bridgehead atoms. The molecule has 34 heavy (non-hydrogen) atoms. The number of halogens is 3. The number of aromatic nitrogens is 2. The van der Waals surface area contributed by atoms with Crippen molar-refractivity contribution in [1.29, 1.82) is 0 Å². The van der Waals surface area contributed by atoms with E-state index in [0.29, 0.717) is 18.4 Å². The minimum atomic E-state index is -1.93. The molecule has 0 amide bonds. The van der Waals surface area contributed by atoms with E-state index in [4.69, 9.17) is 0 Å². The number of fused-ring (bicyclic) bond motifs is 1. The Labute approximate surface area is 199 Å². The second-order valence-corrected chi connectivity index (χ2v) is 10.1. The van der Waals surface area contributed by atoms with Gasteiger partial charge in [0.15, 0.2) is 17.5 Å². The Morgan fingerprint density at radius 1 is 0.941 bits per heavy atom. The predicted octanol–water partition coefficient (Wildman–Crippen LogP) is 4.64. The van der Waals surface area contributed by atoms with Gasteiger partial charge in [0.1, 0.15) is 16.8 Å². The van der Waals surface area contributed by atoms with Gasteiger partial charge in [-0.2, -0.15) is 4.98 Å². The highest BCUT2D eigenvalue weighted by Crippen LogP contribution is 2.29. The van der Waals surface area contributed by atoms with Crippen LogP contribution in [-0.4, -0.2) is 41.4 Å². The zero-order valence-electron chi connectivity index (χ0n) is 19.2. The van der Waals surface area contributed by atoms with E-state index in [1.54, 1.807) is 0 Å². The van der Waals surface area contributed by atoms with Gasteiger partial charge in [0.25, 0.3) is 0 Å². The summed E-state index contributed by atoms with van der Waals surface area (Å²) in [5, 5.41) is 4.39. The summed E-state index contributed by atoms with van der Waals surface area (Å²) in [4.78, 5) is 10.9. The van der Waals surface area contributed by atoms with Gasteiger partial charge in [0.2, 0.25) is 5.95 Å². The topological polar surface area (TPSA) is 70.2 Å².